The lowest BCUT2D eigenvalue weighted by molar-refractivity contribution is -0.101. The Labute approximate surface area is 212 Å². The number of hydrogen-bond acceptors (Lipinski definition) is 5. The number of nitrogens with zero attached hydrogens (tertiary/aromatic N) is 3. The van der Waals surface area contributed by atoms with Crippen molar-refractivity contribution in [1.82, 2.24) is 14.7 Å². The highest BCUT2D eigenvalue weighted by Crippen LogP contribution is 2.42. The Hall–Kier alpha value is -3.16. The van der Waals surface area contributed by atoms with Crippen LogP contribution >= 0.6 is 0 Å². The second kappa shape index (κ2) is 9.71. The zero-order valence-corrected chi connectivity index (χ0v) is 21.3. The molecular formula is C29H35N3O4. The lowest BCUT2D eigenvalue weighted by atomic mass is 9.80. The minimum Gasteiger partial charge on any atom is -0.438 e. The lowest BCUT2D eigenvalue weighted by Gasteiger charge is -2.45. The molecule has 36 heavy (non-hydrogen) atoms. The van der Waals surface area contributed by atoms with Gasteiger partial charge in [0.2, 0.25) is 0 Å². The van der Waals surface area contributed by atoms with Gasteiger partial charge in [-0.3, -0.25) is 4.68 Å². The third-order valence-electron chi connectivity index (χ3n) is 7.37. The fraction of sp³-hybridized carbons (Fsp3) is 0.448. The van der Waals surface area contributed by atoms with Crippen LogP contribution in [0.2, 0.25) is 0 Å². The number of carbonyl (C=O) groups is 1. The largest absolute Gasteiger partial charge is 0.438 e. The van der Waals surface area contributed by atoms with E-state index in [1.807, 2.05) is 48.1 Å². The Morgan fingerprint density at radius 1 is 1.14 bits per heavy atom. The second-order valence-corrected chi connectivity index (χ2v) is 10.7. The molecule has 3 heterocycles. The Morgan fingerprint density at radius 3 is 2.53 bits per heavy atom. The molecule has 1 aromatic heterocycles. The molecule has 2 aliphatic heterocycles. The van der Waals surface area contributed by atoms with Crippen molar-refractivity contribution in [2.45, 2.75) is 63.3 Å². The van der Waals surface area contributed by atoms with Crippen LogP contribution in [0, 0.1) is 0 Å². The van der Waals surface area contributed by atoms with Crippen LogP contribution in [-0.2, 0) is 15.1 Å². The molecule has 1 amide bonds. The molecule has 2 aromatic carbocycles. The first-order valence-electron chi connectivity index (χ1n) is 12.7. The number of amides is 1. The van der Waals surface area contributed by atoms with Crippen molar-refractivity contribution in [2.75, 3.05) is 19.8 Å². The summed E-state index contributed by atoms with van der Waals surface area (Å²) in [7, 11) is 0. The fourth-order valence-electron chi connectivity index (χ4n) is 5.44. The van der Waals surface area contributed by atoms with Gasteiger partial charge in [-0.2, -0.15) is 5.10 Å². The van der Waals surface area contributed by atoms with Crippen LogP contribution in [0.5, 0.6) is 0 Å². The molecule has 3 aromatic rings. The van der Waals surface area contributed by atoms with Crippen molar-refractivity contribution in [3.05, 3.63) is 78.1 Å². The molecule has 7 heteroatoms. The summed E-state index contributed by atoms with van der Waals surface area (Å²) in [5.74, 6) is 0. The maximum absolute atomic E-state index is 13.3. The van der Waals surface area contributed by atoms with E-state index in [4.69, 9.17) is 9.47 Å². The molecular weight excluding hydrogens is 454 g/mol. The highest BCUT2D eigenvalue weighted by atomic mass is 16.6. The van der Waals surface area contributed by atoms with Crippen LogP contribution < -0.4 is 0 Å². The number of rotatable bonds is 7. The molecule has 2 aliphatic rings. The molecule has 2 saturated heterocycles. The predicted molar refractivity (Wildman–Crippen MR) is 137 cm³/mol. The molecule has 2 fully saturated rings. The number of cyclic esters (lactones) is 1. The monoisotopic (exact) mass is 489 g/mol. The van der Waals surface area contributed by atoms with Crippen LogP contribution in [0.15, 0.2) is 67.0 Å². The average Bonchev–Trinajstić information content (AvgIpc) is 3.56. The summed E-state index contributed by atoms with van der Waals surface area (Å²) in [6.07, 6.45) is 5.55. The van der Waals surface area contributed by atoms with Gasteiger partial charge >= 0.3 is 6.09 Å². The van der Waals surface area contributed by atoms with Gasteiger partial charge in [-0.05, 0) is 43.9 Å². The number of benzene rings is 2. The molecule has 190 valence electrons. The Kier molecular flexibility index (Phi) is 6.62. The quantitative estimate of drug-likeness (QED) is 0.476. The Bertz CT molecular complexity index is 1180. The summed E-state index contributed by atoms with van der Waals surface area (Å²) >= 11 is 0. The van der Waals surface area contributed by atoms with Gasteiger partial charge in [-0.15, -0.1) is 0 Å². The van der Waals surface area contributed by atoms with Gasteiger partial charge in [0.05, 0.1) is 30.5 Å². The van der Waals surface area contributed by atoms with Gasteiger partial charge in [0, 0.05) is 37.8 Å². The molecule has 5 rings (SSSR count). The van der Waals surface area contributed by atoms with Gasteiger partial charge in [0.15, 0.2) is 0 Å². The summed E-state index contributed by atoms with van der Waals surface area (Å²) in [4.78, 5) is 15.1. The van der Waals surface area contributed by atoms with Crippen LogP contribution in [0.1, 0.15) is 63.2 Å². The first-order chi connectivity index (χ1) is 17.2. The Balaban J connectivity index is 1.30. The van der Waals surface area contributed by atoms with Crippen molar-refractivity contribution in [1.29, 1.82) is 0 Å². The molecule has 1 N–H and O–H groups in total. The third-order valence-corrected chi connectivity index (χ3v) is 7.37. The Morgan fingerprint density at radius 2 is 1.89 bits per heavy atom. The molecule has 0 bridgehead atoms. The summed E-state index contributed by atoms with van der Waals surface area (Å²) in [5.41, 5.74) is 2.30. The molecule has 3 atom stereocenters. The number of hydrogen-bond donors (Lipinski definition) is 1. The highest BCUT2D eigenvalue weighted by molar-refractivity contribution is 5.70. The van der Waals surface area contributed by atoms with E-state index in [0.29, 0.717) is 32.0 Å². The summed E-state index contributed by atoms with van der Waals surface area (Å²) in [6, 6.07) is 18.2. The predicted octanol–water partition coefficient (Wildman–Crippen LogP) is 5.47. The minimum atomic E-state index is -0.974. The van der Waals surface area contributed by atoms with Crippen molar-refractivity contribution in [2.24, 2.45) is 0 Å². The lowest BCUT2D eigenvalue weighted by Crippen LogP contribution is -2.51. The molecule has 0 aliphatic carbocycles. The maximum atomic E-state index is 13.3. The van der Waals surface area contributed by atoms with E-state index in [0.717, 1.165) is 35.3 Å². The van der Waals surface area contributed by atoms with E-state index < -0.39 is 11.2 Å². The topological polar surface area (TPSA) is 76.8 Å². The molecule has 3 unspecified atom stereocenters. The van der Waals surface area contributed by atoms with E-state index in [2.05, 4.69) is 35.6 Å². The van der Waals surface area contributed by atoms with Gasteiger partial charge in [-0.25, -0.2) is 4.79 Å². The molecule has 0 spiro atoms. The van der Waals surface area contributed by atoms with E-state index >= 15 is 0 Å². The van der Waals surface area contributed by atoms with Gasteiger partial charge in [0.1, 0.15) is 5.60 Å². The van der Waals surface area contributed by atoms with E-state index in [1.165, 1.54) is 0 Å². The second-order valence-electron chi connectivity index (χ2n) is 10.7. The van der Waals surface area contributed by atoms with E-state index in [1.54, 1.807) is 18.7 Å². The summed E-state index contributed by atoms with van der Waals surface area (Å²) in [5, 5.41) is 15.1. The van der Waals surface area contributed by atoms with Crippen molar-refractivity contribution < 1.29 is 19.4 Å². The summed E-state index contributed by atoms with van der Waals surface area (Å²) in [6.45, 7) is 7.59. The van der Waals surface area contributed by atoms with Crippen molar-refractivity contribution in [3.63, 3.8) is 0 Å². The van der Waals surface area contributed by atoms with E-state index in [9.17, 15) is 9.90 Å². The minimum absolute atomic E-state index is 0.138. The zero-order chi connectivity index (χ0) is 25.3. The number of aliphatic hydroxyl groups is 1. The first-order valence-corrected chi connectivity index (χ1v) is 12.7. The van der Waals surface area contributed by atoms with Gasteiger partial charge < -0.3 is 19.5 Å². The van der Waals surface area contributed by atoms with Crippen molar-refractivity contribution >= 4 is 6.09 Å². The van der Waals surface area contributed by atoms with Gasteiger partial charge in [-0.1, -0.05) is 54.6 Å². The average molecular weight is 490 g/mol. The molecule has 0 saturated carbocycles. The van der Waals surface area contributed by atoms with Crippen LogP contribution in [0.25, 0.3) is 11.1 Å². The molecule has 7 nitrogen and oxygen atoms in total. The first kappa shape index (κ1) is 24.5. The number of ether oxygens (including phenoxy) is 2. The van der Waals surface area contributed by atoms with E-state index in [-0.39, 0.29) is 12.1 Å². The third kappa shape index (κ3) is 5.04. The maximum Gasteiger partial charge on any atom is 0.411 e. The molecule has 0 radical (unpaired) electrons. The smallest absolute Gasteiger partial charge is 0.411 e. The fourth-order valence-corrected chi connectivity index (χ4v) is 5.44. The summed E-state index contributed by atoms with van der Waals surface area (Å²) < 4.78 is 13.6. The highest BCUT2D eigenvalue weighted by Gasteiger charge is 2.46. The number of carbonyl (C=O) groups excluding carboxylic acids is 1. The van der Waals surface area contributed by atoms with Crippen LogP contribution in [0.3, 0.4) is 0 Å². The SMILES string of the molecule is CC(c1ccc(-c2cnn(C3CCOC3)c2)cc1)N1CCC(CC(C)(C)O)(c2ccccc2)OC1=O. The van der Waals surface area contributed by atoms with Crippen LogP contribution in [-0.4, -0.2) is 51.2 Å². The van der Waals surface area contributed by atoms with Gasteiger partial charge in [0.25, 0.3) is 0 Å². The van der Waals surface area contributed by atoms with Crippen LogP contribution in [0.4, 0.5) is 4.79 Å². The standard InChI is InChI=1S/C29H35N3O4/c1-21(22-9-11-23(12-10-22)24-17-30-32(18-24)26-13-16-35-19-26)31-15-14-29(36-27(31)33,20-28(2,3)34)25-7-5-4-6-8-25/h4-12,17-18,21,26,34H,13-16,19-20H2,1-3H3. The number of aromatic nitrogens is 2. The van der Waals surface area contributed by atoms with Crippen molar-refractivity contribution in [3.8, 4) is 11.1 Å². The zero-order valence-electron chi connectivity index (χ0n) is 21.3. The normalized spacial score (nSPS) is 23.5.